The Kier molecular flexibility index (Phi) is 9.10. The standard InChI is InChI=1S/C18H26O9/c1-5-24-15-9-14(20)12(4)26-17(22)8-10(2)25-16(21)7-6-13(19)11(3)27-18(15)23/h6-7,10-13,15,19H,5,8-9H2,1-4H3/b7-6+/t10-,11+,12+,13-,15+/m1/s1. The molecule has 0 bridgehead atoms. The maximum absolute atomic E-state index is 12.3. The lowest BCUT2D eigenvalue weighted by Gasteiger charge is -2.22. The molecule has 1 rings (SSSR count). The maximum Gasteiger partial charge on any atom is 0.336 e. The van der Waals surface area contributed by atoms with Crippen LogP contribution in [0.1, 0.15) is 40.5 Å². The fourth-order valence-electron chi connectivity index (χ4n) is 2.25. The SMILES string of the molecule is CCO[C@H]1CC(=O)[C@H](C)OC(=O)C[C@@H](C)OC(=O)/C=C/[C@@H](O)[C@H](C)OC1=O. The summed E-state index contributed by atoms with van der Waals surface area (Å²) < 4.78 is 20.4. The van der Waals surface area contributed by atoms with Gasteiger partial charge in [-0.05, 0) is 33.8 Å². The summed E-state index contributed by atoms with van der Waals surface area (Å²) in [5, 5.41) is 9.99. The number of carbonyl (C=O) groups excluding carboxylic acids is 4. The van der Waals surface area contributed by atoms with E-state index < -0.39 is 54.2 Å². The molecule has 0 amide bonds. The molecule has 27 heavy (non-hydrogen) atoms. The molecule has 0 radical (unpaired) electrons. The number of aliphatic hydroxyl groups excluding tert-OH is 1. The average Bonchev–Trinajstić information content (AvgIpc) is 2.57. The van der Waals surface area contributed by atoms with Gasteiger partial charge >= 0.3 is 17.9 Å². The van der Waals surface area contributed by atoms with Gasteiger partial charge in [-0.25, -0.2) is 9.59 Å². The van der Waals surface area contributed by atoms with Crippen molar-refractivity contribution in [3.63, 3.8) is 0 Å². The number of carbonyl (C=O) groups is 4. The van der Waals surface area contributed by atoms with Crippen LogP contribution in [-0.2, 0) is 38.1 Å². The van der Waals surface area contributed by atoms with E-state index in [4.69, 9.17) is 18.9 Å². The maximum atomic E-state index is 12.3. The van der Waals surface area contributed by atoms with Gasteiger partial charge in [0, 0.05) is 19.1 Å². The molecule has 0 aromatic carbocycles. The Bertz CT molecular complexity index is 583. The van der Waals surface area contributed by atoms with Crippen LogP contribution in [0.3, 0.4) is 0 Å². The van der Waals surface area contributed by atoms with Crippen LogP contribution in [0.15, 0.2) is 12.2 Å². The highest BCUT2D eigenvalue weighted by Gasteiger charge is 2.30. The molecule has 1 aliphatic rings. The number of cyclic esters (lactones) is 3. The quantitative estimate of drug-likeness (QED) is 0.532. The zero-order valence-corrected chi connectivity index (χ0v) is 15.9. The van der Waals surface area contributed by atoms with Gasteiger partial charge in [-0.1, -0.05) is 0 Å². The Hall–Kier alpha value is -2.26. The molecule has 0 fully saturated rings. The number of hydrogen-bond acceptors (Lipinski definition) is 9. The summed E-state index contributed by atoms with van der Waals surface area (Å²) >= 11 is 0. The lowest BCUT2D eigenvalue weighted by molar-refractivity contribution is -0.168. The lowest BCUT2D eigenvalue weighted by Crippen LogP contribution is -2.37. The van der Waals surface area contributed by atoms with E-state index in [1.807, 2.05) is 0 Å². The van der Waals surface area contributed by atoms with Gasteiger partial charge in [-0.15, -0.1) is 0 Å². The van der Waals surface area contributed by atoms with Crippen molar-refractivity contribution < 1.29 is 43.2 Å². The van der Waals surface area contributed by atoms with Gasteiger partial charge in [0.1, 0.15) is 18.3 Å². The highest BCUT2D eigenvalue weighted by molar-refractivity contribution is 5.90. The van der Waals surface area contributed by atoms with E-state index in [-0.39, 0.29) is 19.4 Å². The van der Waals surface area contributed by atoms with Crippen molar-refractivity contribution in [2.24, 2.45) is 0 Å². The first-order chi connectivity index (χ1) is 12.6. The van der Waals surface area contributed by atoms with Crippen molar-refractivity contribution in [3.8, 4) is 0 Å². The topological polar surface area (TPSA) is 125 Å². The molecule has 0 spiro atoms. The van der Waals surface area contributed by atoms with E-state index >= 15 is 0 Å². The van der Waals surface area contributed by atoms with Crippen LogP contribution < -0.4 is 0 Å². The van der Waals surface area contributed by atoms with Gasteiger partial charge in [0.05, 0.1) is 6.42 Å². The van der Waals surface area contributed by atoms with E-state index in [0.29, 0.717) is 0 Å². The molecule has 152 valence electrons. The summed E-state index contributed by atoms with van der Waals surface area (Å²) in [6, 6.07) is 0. The molecule has 9 heteroatoms. The van der Waals surface area contributed by atoms with Gasteiger partial charge in [0.2, 0.25) is 0 Å². The van der Waals surface area contributed by atoms with Crippen molar-refractivity contribution in [2.45, 2.75) is 71.1 Å². The van der Waals surface area contributed by atoms with Crippen molar-refractivity contribution >= 4 is 23.7 Å². The van der Waals surface area contributed by atoms with Crippen LogP contribution in [0.5, 0.6) is 0 Å². The second-order valence-electron chi connectivity index (χ2n) is 6.19. The molecule has 0 aromatic heterocycles. The monoisotopic (exact) mass is 386 g/mol. The zero-order chi connectivity index (χ0) is 20.6. The first kappa shape index (κ1) is 22.8. The van der Waals surface area contributed by atoms with Crippen molar-refractivity contribution in [1.82, 2.24) is 0 Å². The molecule has 1 aliphatic heterocycles. The van der Waals surface area contributed by atoms with Gasteiger partial charge in [-0.3, -0.25) is 9.59 Å². The third-order valence-corrected chi connectivity index (χ3v) is 3.76. The normalized spacial score (nSPS) is 33.0. The minimum absolute atomic E-state index is 0.154. The first-order valence-corrected chi connectivity index (χ1v) is 8.75. The Morgan fingerprint density at radius 3 is 2.37 bits per heavy atom. The Morgan fingerprint density at radius 2 is 1.74 bits per heavy atom. The molecule has 0 saturated carbocycles. The number of rotatable bonds is 2. The van der Waals surface area contributed by atoms with E-state index in [1.54, 1.807) is 6.92 Å². The fraction of sp³-hybridized carbons (Fsp3) is 0.667. The van der Waals surface area contributed by atoms with Gasteiger partial charge in [0.25, 0.3) is 0 Å². The lowest BCUT2D eigenvalue weighted by atomic mass is 10.1. The summed E-state index contributed by atoms with van der Waals surface area (Å²) in [7, 11) is 0. The minimum Gasteiger partial charge on any atom is -0.459 e. The van der Waals surface area contributed by atoms with Crippen LogP contribution in [0.2, 0.25) is 0 Å². The van der Waals surface area contributed by atoms with Crippen molar-refractivity contribution in [3.05, 3.63) is 12.2 Å². The number of Topliss-reactive ketones (excluding diaryl/α,β-unsaturated/α-hetero) is 1. The van der Waals surface area contributed by atoms with Crippen LogP contribution in [0.25, 0.3) is 0 Å². The highest BCUT2D eigenvalue weighted by atomic mass is 16.6. The molecule has 0 aliphatic carbocycles. The molecular formula is C18H26O9. The molecule has 1 heterocycles. The second kappa shape index (κ2) is 10.8. The number of hydrogen-bond donors (Lipinski definition) is 1. The third kappa shape index (κ3) is 7.88. The Balaban J connectivity index is 3.02. The summed E-state index contributed by atoms with van der Waals surface area (Å²) in [6.45, 7) is 6.10. The van der Waals surface area contributed by atoms with Crippen molar-refractivity contribution in [1.29, 1.82) is 0 Å². The zero-order valence-electron chi connectivity index (χ0n) is 15.9. The molecule has 1 N–H and O–H groups in total. The number of ether oxygens (including phenoxy) is 4. The van der Waals surface area contributed by atoms with Gasteiger partial charge in [-0.2, -0.15) is 0 Å². The smallest absolute Gasteiger partial charge is 0.336 e. The molecule has 0 aromatic rings. The molecule has 0 unspecified atom stereocenters. The minimum atomic E-state index is -1.27. The van der Waals surface area contributed by atoms with Crippen LogP contribution in [0, 0.1) is 0 Å². The summed E-state index contributed by atoms with van der Waals surface area (Å²) in [5.74, 6) is -2.87. The van der Waals surface area contributed by atoms with Gasteiger partial charge in [0.15, 0.2) is 18.0 Å². The third-order valence-electron chi connectivity index (χ3n) is 3.76. The summed E-state index contributed by atoms with van der Waals surface area (Å²) in [4.78, 5) is 48.1. The summed E-state index contributed by atoms with van der Waals surface area (Å²) in [6.07, 6.45) is -3.84. The van der Waals surface area contributed by atoms with E-state index in [1.165, 1.54) is 20.8 Å². The number of esters is 3. The number of aliphatic hydroxyl groups is 1. The molecule has 9 nitrogen and oxygen atoms in total. The molecular weight excluding hydrogens is 360 g/mol. The van der Waals surface area contributed by atoms with Crippen LogP contribution in [0.4, 0.5) is 0 Å². The second-order valence-corrected chi connectivity index (χ2v) is 6.19. The predicted octanol–water partition coefficient (Wildman–Crippen LogP) is 0.467. The van der Waals surface area contributed by atoms with E-state index in [0.717, 1.165) is 12.2 Å². The predicted molar refractivity (Wildman–Crippen MR) is 91.5 cm³/mol. The van der Waals surface area contributed by atoms with Gasteiger partial charge < -0.3 is 24.1 Å². The van der Waals surface area contributed by atoms with E-state index in [9.17, 15) is 24.3 Å². The Labute approximate surface area is 157 Å². The first-order valence-electron chi connectivity index (χ1n) is 8.75. The molecule has 0 saturated heterocycles. The fourth-order valence-corrected chi connectivity index (χ4v) is 2.25. The molecule has 5 atom stereocenters. The summed E-state index contributed by atoms with van der Waals surface area (Å²) in [5.41, 5.74) is 0. The van der Waals surface area contributed by atoms with Crippen LogP contribution in [-0.4, -0.2) is 65.9 Å². The average molecular weight is 386 g/mol. The number of ketones is 1. The highest BCUT2D eigenvalue weighted by Crippen LogP contribution is 2.12. The van der Waals surface area contributed by atoms with E-state index in [2.05, 4.69) is 0 Å². The Morgan fingerprint density at radius 1 is 1.07 bits per heavy atom. The van der Waals surface area contributed by atoms with Crippen LogP contribution >= 0.6 is 0 Å². The van der Waals surface area contributed by atoms with Crippen molar-refractivity contribution in [2.75, 3.05) is 6.61 Å². The largest absolute Gasteiger partial charge is 0.459 e.